The van der Waals surface area contributed by atoms with Crippen molar-refractivity contribution in [2.75, 3.05) is 13.7 Å². The van der Waals surface area contributed by atoms with E-state index in [2.05, 4.69) is 15.3 Å². The minimum atomic E-state index is -1.48. The summed E-state index contributed by atoms with van der Waals surface area (Å²) in [6, 6.07) is 11.9. The fourth-order valence-electron chi connectivity index (χ4n) is 4.89. The maximum Gasteiger partial charge on any atom is 0.257 e. The number of hydrogen-bond donors (Lipinski definition) is 1. The second kappa shape index (κ2) is 7.98. The number of rotatable bonds is 5. The molecule has 3 aromatic heterocycles. The summed E-state index contributed by atoms with van der Waals surface area (Å²) in [6.45, 7) is -0.0862. The third-order valence-electron chi connectivity index (χ3n) is 6.69. The highest BCUT2D eigenvalue weighted by molar-refractivity contribution is 6.10. The number of methoxy groups -OCH3 is 1. The third-order valence-corrected chi connectivity index (χ3v) is 6.69. The van der Waals surface area contributed by atoms with Gasteiger partial charge in [-0.15, -0.1) is 0 Å². The highest BCUT2D eigenvalue weighted by Gasteiger charge is 2.53. The fourth-order valence-corrected chi connectivity index (χ4v) is 4.89. The maximum absolute atomic E-state index is 14.8. The number of halogens is 1. The van der Waals surface area contributed by atoms with Crippen molar-refractivity contribution in [2.24, 2.45) is 0 Å². The molecule has 5 heterocycles. The second-order valence-electron chi connectivity index (χ2n) is 8.85. The van der Waals surface area contributed by atoms with Crippen molar-refractivity contribution in [1.82, 2.24) is 20.2 Å². The largest absolute Gasteiger partial charge is 0.494 e. The molecule has 1 atom stereocenters. The molecular weight excluding hydrogens is 467 g/mol. The van der Waals surface area contributed by atoms with Crippen LogP contribution in [0.25, 0.3) is 22.4 Å². The van der Waals surface area contributed by atoms with Crippen LogP contribution < -0.4 is 10.1 Å². The molecule has 0 saturated carbocycles. The van der Waals surface area contributed by atoms with Gasteiger partial charge >= 0.3 is 0 Å². The number of benzene rings is 1. The van der Waals surface area contributed by atoms with Crippen LogP contribution in [-0.2, 0) is 21.5 Å². The predicted molar refractivity (Wildman–Crippen MR) is 124 cm³/mol. The zero-order chi connectivity index (χ0) is 25.0. The van der Waals surface area contributed by atoms with Crippen molar-refractivity contribution >= 4 is 28.8 Å². The molecule has 9 nitrogen and oxygen atoms in total. The molecule has 1 fully saturated rings. The van der Waals surface area contributed by atoms with Gasteiger partial charge in [-0.3, -0.25) is 24.7 Å². The second-order valence-corrected chi connectivity index (χ2v) is 8.85. The van der Waals surface area contributed by atoms with Gasteiger partial charge in [0.1, 0.15) is 16.7 Å². The summed E-state index contributed by atoms with van der Waals surface area (Å²) < 4.78 is 25.9. The standard InChI is InChI=1S/C26H19FN4O5/c1-35-19-6-4-15-12-31(24(33)22(15)23(19)27)13-26(10-21(32)30-25(26)34)20-9-17-18(36-20)7-5-16(29-17)14-3-2-8-28-11-14/h2-9,11H,10,12-13H2,1H3,(H,30,32,34)/t26-/m1/s1. The number of aromatic nitrogens is 2. The molecule has 180 valence electrons. The van der Waals surface area contributed by atoms with Gasteiger partial charge in [0.05, 0.1) is 24.8 Å². The number of pyridine rings is 2. The predicted octanol–water partition coefficient (Wildman–Crippen LogP) is 2.98. The van der Waals surface area contributed by atoms with Crippen molar-refractivity contribution in [3.05, 3.63) is 77.6 Å². The summed E-state index contributed by atoms with van der Waals surface area (Å²) in [5, 5.41) is 2.33. The van der Waals surface area contributed by atoms with Gasteiger partial charge in [-0.05, 0) is 35.9 Å². The van der Waals surface area contributed by atoms with Crippen molar-refractivity contribution in [3.63, 3.8) is 0 Å². The number of fused-ring (bicyclic) bond motifs is 2. The number of ether oxygens (including phenoxy) is 1. The minimum Gasteiger partial charge on any atom is -0.494 e. The lowest BCUT2D eigenvalue weighted by atomic mass is 9.82. The topological polar surface area (TPSA) is 115 Å². The molecule has 10 heteroatoms. The van der Waals surface area contributed by atoms with Crippen LogP contribution in [0.5, 0.6) is 5.75 Å². The van der Waals surface area contributed by atoms with Gasteiger partial charge in [0.25, 0.3) is 5.91 Å². The molecular formula is C26H19FN4O5. The monoisotopic (exact) mass is 486 g/mol. The van der Waals surface area contributed by atoms with Crippen LogP contribution in [0.2, 0.25) is 0 Å². The van der Waals surface area contributed by atoms with E-state index < -0.39 is 29.0 Å². The minimum absolute atomic E-state index is 0.0415. The molecule has 4 aromatic rings. The maximum atomic E-state index is 14.8. The normalized spacial score (nSPS) is 19.2. The number of amides is 3. The Morgan fingerprint density at radius 1 is 1.19 bits per heavy atom. The van der Waals surface area contributed by atoms with Crippen molar-refractivity contribution < 1.29 is 27.9 Å². The Hall–Kier alpha value is -4.60. The molecule has 0 spiro atoms. The van der Waals surface area contributed by atoms with E-state index in [0.29, 0.717) is 22.4 Å². The molecule has 1 aromatic carbocycles. The Morgan fingerprint density at radius 2 is 2.06 bits per heavy atom. The van der Waals surface area contributed by atoms with E-state index in [-0.39, 0.29) is 36.6 Å². The van der Waals surface area contributed by atoms with Crippen LogP contribution >= 0.6 is 0 Å². The lowest BCUT2D eigenvalue weighted by Gasteiger charge is -2.28. The molecule has 1 N–H and O–H groups in total. The summed E-state index contributed by atoms with van der Waals surface area (Å²) in [5.41, 5.74) is 1.29. The SMILES string of the molecule is COc1ccc2c(c1F)C(=O)N(C[C@@]1(c3cc4nc(-c5cccnc5)ccc4o3)CC(=O)NC1=O)C2. The van der Waals surface area contributed by atoms with E-state index in [1.165, 1.54) is 18.1 Å². The first-order chi connectivity index (χ1) is 17.4. The number of hydrogen-bond acceptors (Lipinski definition) is 7. The van der Waals surface area contributed by atoms with Crippen LogP contribution in [0, 0.1) is 5.82 Å². The first kappa shape index (κ1) is 21.9. The van der Waals surface area contributed by atoms with Gasteiger partial charge in [0.2, 0.25) is 11.8 Å². The molecule has 3 amide bonds. The van der Waals surface area contributed by atoms with Gasteiger partial charge in [-0.1, -0.05) is 6.07 Å². The average molecular weight is 486 g/mol. The van der Waals surface area contributed by atoms with Gasteiger partial charge in [0.15, 0.2) is 17.1 Å². The van der Waals surface area contributed by atoms with Crippen LogP contribution in [0.4, 0.5) is 4.39 Å². The highest BCUT2D eigenvalue weighted by atomic mass is 19.1. The van der Waals surface area contributed by atoms with Crippen molar-refractivity contribution in [1.29, 1.82) is 0 Å². The first-order valence-corrected chi connectivity index (χ1v) is 11.2. The molecule has 0 radical (unpaired) electrons. The summed E-state index contributed by atoms with van der Waals surface area (Å²) in [6.07, 6.45) is 3.13. The van der Waals surface area contributed by atoms with E-state index in [0.717, 1.165) is 5.56 Å². The van der Waals surface area contributed by atoms with Gasteiger partial charge in [-0.2, -0.15) is 0 Å². The van der Waals surface area contributed by atoms with E-state index in [1.54, 1.807) is 42.7 Å². The quantitative estimate of drug-likeness (QED) is 0.431. The van der Waals surface area contributed by atoms with Crippen LogP contribution in [0.15, 0.2) is 59.3 Å². The van der Waals surface area contributed by atoms with Crippen molar-refractivity contribution in [3.8, 4) is 17.0 Å². The van der Waals surface area contributed by atoms with Crippen LogP contribution in [0.1, 0.15) is 28.1 Å². The Labute approximate surface area is 203 Å². The fraction of sp³-hybridized carbons (Fsp3) is 0.192. The molecule has 0 unspecified atom stereocenters. The van der Waals surface area contributed by atoms with Gasteiger partial charge in [-0.25, -0.2) is 9.37 Å². The molecule has 2 aliphatic heterocycles. The molecule has 0 aliphatic carbocycles. The zero-order valence-electron chi connectivity index (χ0n) is 19.1. The number of nitrogens with one attached hydrogen (secondary N) is 1. The molecule has 0 bridgehead atoms. The Balaban J connectivity index is 1.39. The Morgan fingerprint density at radius 3 is 2.78 bits per heavy atom. The lowest BCUT2D eigenvalue weighted by molar-refractivity contribution is -0.127. The Bertz CT molecular complexity index is 1570. The number of nitrogens with zero attached hydrogens (tertiary/aromatic N) is 3. The van der Waals surface area contributed by atoms with E-state index in [9.17, 15) is 18.8 Å². The Kier molecular flexibility index (Phi) is 4.85. The third kappa shape index (κ3) is 3.25. The van der Waals surface area contributed by atoms with Crippen LogP contribution in [0.3, 0.4) is 0 Å². The highest BCUT2D eigenvalue weighted by Crippen LogP contribution is 2.40. The van der Waals surface area contributed by atoms with Gasteiger partial charge in [0, 0.05) is 37.1 Å². The summed E-state index contributed by atoms with van der Waals surface area (Å²) in [5.74, 6) is -2.23. The number of carbonyl (C=O) groups is 3. The lowest BCUT2D eigenvalue weighted by Crippen LogP contribution is -2.46. The number of furan rings is 1. The molecule has 2 aliphatic rings. The van der Waals surface area contributed by atoms with E-state index in [4.69, 9.17) is 9.15 Å². The number of carbonyl (C=O) groups excluding carboxylic acids is 3. The molecule has 36 heavy (non-hydrogen) atoms. The zero-order valence-corrected chi connectivity index (χ0v) is 19.1. The number of imide groups is 1. The average Bonchev–Trinajstić information content (AvgIpc) is 3.53. The van der Waals surface area contributed by atoms with E-state index in [1.807, 2.05) is 6.07 Å². The van der Waals surface area contributed by atoms with Crippen LogP contribution in [-0.4, -0.2) is 46.2 Å². The van der Waals surface area contributed by atoms with Crippen molar-refractivity contribution in [2.45, 2.75) is 18.4 Å². The first-order valence-electron chi connectivity index (χ1n) is 11.2. The summed E-state index contributed by atoms with van der Waals surface area (Å²) in [7, 11) is 1.32. The van der Waals surface area contributed by atoms with Gasteiger partial charge < -0.3 is 14.1 Å². The molecule has 6 rings (SSSR count). The molecule has 1 saturated heterocycles. The van der Waals surface area contributed by atoms with E-state index >= 15 is 0 Å². The summed E-state index contributed by atoms with van der Waals surface area (Å²) in [4.78, 5) is 48.8. The summed E-state index contributed by atoms with van der Waals surface area (Å²) >= 11 is 0. The smallest absolute Gasteiger partial charge is 0.257 e.